The fourth-order valence-electron chi connectivity index (χ4n) is 1.32. The van der Waals surface area contributed by atoms with Gasteiger partial charge in [0.1, 0.15) is 4.99 Å². The van der Waals surface area contributed by atoms with Gasteiger partial charge in [-0.3, -0.25) is 0 Å². The normalized spacial score (nSPS) is 10.4. The Bertz CT molecular complexity index is 530. The lowest BCUT2D eigenvalue weighted by molar-refractivity contribution is 0.830. The van der Waals surface area contributed by atoms with E-state index in [2.05, 4.69) is 10.1 Å². The molecule has 2 aromatic rings. The van der Waals surface area contributed by atoms with Gasteiger partial charge in [-0.05, 0) is 19.1 Å². The number of hydrogen-bond acceptors (Lipinski definition) is 3. The summed E-state index contributed by atoms with van der Waals surface area (Å²) < 4.78 is 1.58. The summed E-state index contributed by atoms with van der Waals surface area (Å²) in [6, 6.07) is 3.57. The molecule has 0 spiro atoms. The van der Waals surface area contributed by atoms with Crippen LogP contribution in [0.3, 0.4) is 0 Å². The summed E-state index contributed by atoms with van der Waals surface area (Å²) in [5.41, 5.74) is 7.03. The molecule has 6 heteroatoms. The molecular formula is C10H9ClN4S. The molecule has 0 saturated heterocycles. The zero-order valence-corrected chi connectivity index (χ0v) is 10.1. The predicted molar refractivity (Wildman–Crippen MR) is 67.0 cm³/mol. The van der Waals surface area contributed by atoms with Crippen molar-refractivity contribution in [3.05, 3.63) is 40.8 Å². The number of aryl methyl sites for hydroxylation is 1. The lowest BCUT2D eigenvalue weighted by Crippen LogP contribution is -2.14. The summed E-state index contributed by atoms with van der Waals surface area (Å²) in [7, 11) is 0. The van der Waals surface area contributed by atoms with E-state index < -0.39 is 0 Å². The van der Waals surface area contributed by atoms with Crippen LogP contribution in [0.1, 0.15) is 11.3 Å². The van der Waals surface area contributed by atoms with E-state index in [1.54, 1.807) is 29.2 Å². The first-order chi connectivity index (χ1) is 7.59. The Morgan fingerprint density at radius 2 is 2.31 bits per heavy atom. The maximum absolute atomic E-state index is 5.94. The monoisotopic (exact) mass is 252 g/mol. The second-order valence-corrected chi connectivity index (χ2v) is 4.09. The van der Waals surface area contributed by atoms with Gasteiger partial charge in [0.2, 0.25) is 0 Å². The Kier molecular flexibility index (Phi) is 2.89. The Morgan fingerprint density at radius 3 is 2.88 bits per heavy atom. The summed E-state index contributed by atoms with van der Waals surface area (Å²) in [6.45, 7) is 1.82. The van der Waals surface area contributed by atoms with E-state index in [1.807, 2.05) is 6.92 Å². The van der Waals surface area contributed by atoms with E-state index in [9.17, 15) is 0 Å². The molecule has 0 fully saturated rings. The molecule has 0 saturated carbocycles. The van der Waals surface area contributed by atoms with Crippen LogP contribution in [0, 0.1) is 6.92 Å². The zero-order valence-electron chi connectivity index (χ0n) is 8.51. The molecule has 0 aliphatic heterocycles. The van der Waals surface area contributed by atoms with E-state index in [4.69, 9.17) is 29.6 Å². The molecule has 0 aliphatic rings. The highest BCUT2D eigenvalue weighted by Crippen LogP contribution is 2.17. The van der Waals surface area contributed by atoms with Gasteiger partial charge >= 0.3 is 0 Å². The molecule has 4 nitrogen and oxygen atoms in total. The molecule has 0 radical (unpaired) electrons. The fourth-order valence-corrected chi connectivity index (χ4v) is 1.61. The van der Waals surface area contributed by atoms with Crippen molar-refractivity contribution < 1.29 is 0 Å². The smallest absolute Gasteiger partial charge is 0.163 e. The molecule has 2 rings (SSSR count). The van der Waals surface area contributed by atoms with E-state index in [0.717, 1.165) is 5.69 Å². The minimum atomic E-state index is 0.285. The number of hydrogen-bond donors (Lipinski definition) is 1. The highest BCUT2D eigenvalue weighted by molar-refractivity contribution is 7.80. The minimum absolute atomic E-state index is 0.285. The second kappa shape index (κ2) is 4.19. The Morgan fingerprint density at radius 1 is 1.56 bits per heavy atom. The Hall–Kier alpha value is -1.46. The molecule has 2 N–H and O–H groups in total. The average Bonchev–Trinajstić information content (AvgIpc) is 2.59. The molecule has 82 valence electrons. The van der Waals surface area contributed by atoms with Gasteiger partial charge in [0.05, 0.1) is 22.5 Å². The molecule has 0 amide bonds. The van der Waals surface area contributed by atoms with Gasteiger partial charge in [-0.1, -0.05) is 23.8 Å². The van der Waals surface area contributed by atoms with E-state index in [0.29, 0.717) is 16.4 Å². The van der Waals surface area contributed by atoms with Crippen molar-refractivity contribution in [3.8, 4) is 5.82 Å². The third-order valence-corrected chi connectivity index (χ3v) is 2.70. The number of aromatic nitrogens is 3. The Balaban J connectivity index is 2.59. The predicted octanol–water partition coefficient (Wildman–Crippen LogP) is 1.86. The summed E-state index contributed by atoms with van der Waals surface area (Å²) in [5.74, 6) is 0.588. The number of pyridine rings is 1. The van der Waals surface area contributed by atoms with Gasteiger partial charge in [0.25, 0.3) is 0 Å². The molecule has 0 atom stereocenters. The quantitative estimate of drug-likeness (QED) is 0.829. The molecule has 0 bridgehead atoms. The lowest BCUT2D eigenvalue weighted by Gasteiger charge is -2.05. The van der Waals surface area contributed by atoms with Crippen LogP contribution in [0.4, 0.5) is 0 Å². The lowest BCUT2D eigenvalue weighted by atomic mass is 10.2. The van der Waals surface area contributed by atoms with Crippen molar-refractivity contribution in [2.24, 2.45) is 5.73 Å². The van der Waals surface area contributed by atoms with Crippen molar-refractivity contribution in [1.82, 2.24) is 14.8 Å². The van der Waals surface area contributed by atoms with Crippen LogP contribution in [0.15, 0.2) is 24.5 Å². The minimum Gasteiger partial charge on any atom is -0.389 e. The van der Waals surface area contributed by atoms with Crippen molar-refractivity contribution in [2.75, 3.05) is 0 Å². The maximum atomic E-state index is 5.94. The molecule has 0 aliphatic carbocycles. The van der Waals surface area contributed by atoms with Gasteiger partial charge in [0.15, 0.2) is 5.82 Å². The maximum Gasteiger partial charge on any atom is 0.163 e. The van der Waals surface area contributed by atoms with Crippen LogP contribution in [-0.4, -0.2) is 19.8 Å². The van der Waals surface area contributed by atoms with Crippen LogP contribution < -0.4 is 5.73 Å². The number of rotatable bonds is 2. The molecule has 2 heterocycles. The topological polar surface area (TPSA) is 56.7 Å². The van der Waals surface area contributed by atoms with Crippen LogP contribution >= 0.6 is 23.8 Å². The standard InChI is InChI=1S/C10H9ClN4S/c1-6-8(11)5-15(14-6)10-7(9(12)16)3-2-4-13-10/h2-5H,1H3,(H2,12,16). The highest BCUT2D eigenvalue weighted by Gasteiger charge is 2.10. The third-order valence-electron chi connectivity index (χ3n) is 2.11. The number of halogens is 1. The van der Waals surface area contributed by atoms with E-state index in [-0.39, 0.29) is 4.99 Å². The average molecular weight is 253 g/mol. The number of nitrogens with two attached hydrogens (primary N) is 1. The van der Waals surface area contributed by atoms with Crippen LogP contribution in [0.5, 0.6) is 0 Å². The zero-order chi connectivity index (χ0) is 11.7. The third kappa shape index (κ3) is 1.91. The van der Waals surface area contributed by atoms with Crippen molar-refractivity contribution in [3.63, 3.8) is 0 Å². The first-order valence-electron chi connectivity index (χ1n) is 4.56. The molecule has 16 heavy (non-hydrogen) atoms. The summed E-state index contributed by atoms with van der Waals surface area (Å²) >= 11 is 10.9. The second-order valence-electron chi connectivity index (χ2n) is 3.25. The van der Waals surface area contributed by atoms with Crippen molar-refractivity contribution in [2.45, 2.75) is 6.92 Å². The summed E-state index contributed by atoms with van der Waals surface area (Å²) in [4.78, 5) is 4.48. The van der Waals surface area contributed by atoms with Crippen molar-refractivity contribution >= 4 is 28.8 Å². The number of thiocarbonyl (C=S) groups is 1. The van der Waals surface area contributed by atoms with Crippen molar-refractivity contribution in [1.29, 1.82) is 0 Å². The molecule has 0 unspecified atom stereocenters. The summed E-state index contributed by atoms with van der Waals surface area (Å²) in [6.07, 6.45) is 3.34. The first-order valence-corrected chi connectivity index (χ1v) is 5.35. The largest absolute Gasteiger partial charge is 0.389 e. The van der Waals surface area contributed by atoms with Gasteiger partial charge in [-0.25, -0.2) is 9.67 Å². The number of nitrogens with zero attached hydrogens (tertiary/aromatic N) is 3. The first kappa shape index (κ1) is 11.0. The van der Waals surface area contributed by atoms with Gasteiger partial charge in [-0.15, -0.1) is 0 Å². The van der Waals surface area contributed by atoms with Gasteiger partial charge in [0, 0.05) is 6.20 Å². The van der Waals surface area contributed by atoms with Crippen LogP contribution in [0.25, 0.3) is 5.82 Å². The van der Waals surface area contributed by atoms with Crippen LogP contribution in [-0.2, 0) is 0 Å². The van der Waals surface area contributed by atoms with Gasteiger partial charge < -0.3 is 5.73 Å². The van der Waals surface area contributed by atoms with Gasteiger partial charge in [-0.2, -0.15) is 5.10 Å². The fraction of sp³-hybridized carbons (Fsp3) is 0.100. The highest BCUT2D eigenvalue weighted by atomic mass is 35.5. The summed E-state index contributed by atoms with van der Waals surface area (Å²) in [5, 5.41) is 4.81. The molecule has 0 aromatic carbocycles. The molecule has 2 aromatic heterocycles. The van der Waals surface area contributed by atoms with E-state index in [1.165, 1.54) is 0 Å². The Labute approximate surface area is 103 Å². The van der Waals surface area contributed by atoms with Crippen LogP contribution in [0.2, 0.25) is 5.02 Å². The SMILES string of the molecule is Cc1nn(-c2ncccc2C(N)=S)cc1Cl. The molecular weight excluding hydrogens is 244 g/mol. The van der Waals surface area contributed by atoms with E-state index >= 15 is 0 Å².